The molecule has 0 bridgehead atoms. The largest absolute Gasteiger partial charge is 0.477 e. The van der Waals surface area contributed by atoms with Gasteiger partial charge in [0.05, 0.1) is 12.7 Å². The molecule has 0 saturated heterocycles. The summed E-state index contributed by atoms with van der Waals surface area (Å²) in [5, 5.41) is 3.07. The topological polar surface area (TPSA) is 59.4 Å². The first-order chi connectivity index (χ1) is 8.41. The van der Waals surface area contributed by atoms with Gasteiger partial charge in [0, 0.05) is 17.2 Å². The van der Waals surface area contributed by atoms with Gasteiger partial charge in [0.25, 0.3) is 5.56 Å². The standard InChI is InChI=1S/C13H19N3O2/c1-5-6-18-11-8-12(17)16-10(14-11)7-9(15-16)13(2,3)4/h7-8,15H,5-6H2,1-4H3. The lowest BCUT2D eigenvalue weighted by molar-refractivity contribution is 0.305. The molecular weight excluding hydrogens is 230 g/mol. The maximum absolute atomic E-state index is 11.9. The Labute approximate surface area is 106 Å². The van der Waals surface area contributed by atoms with Crippen LogP contribution in [0.2, 0.25) is 0 Å². The summed E-state index contributed by atoms with van der Waals surface area (Å²) >= 11 is 0. The van der Waals surface area contributed by atoms with Gasteiger partial charge >= 0.3 is 0 Å². The van der Waals surface area contributed by atoms with Gasteiger partial charge in [0.1, 0.15) is 0 Å². The van der Waals surface area contributed by atoms with Crippen molar-refractivity contribution >= 4 is 5.65 Å². The normalized spacial score (nSPS) is 12.0. The quantitative estimate of drug-likeness (QED) is 0.906. The highest BCUT2D eigenvalue weighted by Gasteiger charge is 2.17. The number of hydrogen-bond donors (Lipinski definition) is 1. The van der Waals surface area contributed by atoms with E-state index in [1.165, 1.54) is 10.6 Å². The number of nitrogens with zero attached hydrogens (tertiary/aromatic N) is 2. The van der Waals surface area contributed by atoms with Crippen molar-refractivity contribution in [2.75, 3.05) is 6.61 Å². The zero-order valence-corrected chi connectivity index (χ0v) is 11.3. The first-order valence-corrected chi connectivity index (χ1v) is 6.18. The summed E-state index contributed by atoms with van der Waals surface area (Å²) in [7, 11) is 0. The van der Waals surface area contributed by atoms with Crippen LogP contribution in [-0.2, 0) is 5.41 Å². The Morgan fingerprint density at radius 2 is 2.11 bits per heavy atom. The molecule has 1 N–H and O–H groups in total. The van der Waals surface area contributed by atoms with Crippen molar-refractivity contribution in [2.24, 2.45) is 0 Å². The lowest BCUT2D eigenvalue weighted by Crippen LogP contribution is -2.17. The summed E-state index contributed by atoms with van der Waals surface area (Å²) in [6.07, 6.45) is 0.890. The second kappa shape index (κ2) is 4.48. The van der Waals surface area contributed by atoms with Crippen LogP contribution in [0.15, 0.2) is 16.9 Å². The van der Waals surface area contributed by atoms with Gasteiger partial charge < -0.3 is 4.74 Å². The molecule has 2 heterocycles. The fourth-order valence-electron chi connectivity index (χ4n) is 1.63. The van der Waals surface area contributed by atoms with Crippen LogP contribution in [0.3, 0.4) is 0 Å². The molecule has 0 atom stereocenters. The van der Waals surface area contributed by atoms with Gasteiger partial charge in [-0.2, -0.15) is 4.98 Å². The minimum absolute atomic E-state index is 0.0510. The van der Waals surface area contributed by atoms with Gasteiger partial charge in [-0.15, -0.1) is 0 Å². The Bertz CT molecular complexity index is 605. The molecule has 0 radical (unpaired) electrons. The maximum atomic E-state index is 11.9. The summed E-state index contributed by atoms with van der Waals surface area (Å²) in [5.74, 6) is 0.390. The van der Waals surface area contributed by atoms with E-state index in [9.17, 15) is 4.79 Å². The van der Waals surface area contributed by atoms with Gasteiger partial charge in [-0.25, -0.2) is 4.52 Å². The monoisotopic (exact) mass is 249 g/mol. The summed E-state index contributed by atoms with van der Waals surface area (Å²) in [5.41, 5.74) is 1.37. The number of fused-ring (bicyclic) bond motifs is 1. The lowest BCUT2D eigenvalue weighted by atomic mass is 9.93. The third-order valence-corrected chi connectivity index (χ3v) is 2.69. The van der Waals surface area contributed by atoms with Crippen molar-refractivity contribution in [3.63, 3.8) is 0 Å². The summed E-state index contributed by atoms with van der Waals surface area (Å²) in [6.45, 7) is 8.82. The van der Waals surface area contributed by atoms with E-state index in [2.05, 4.69) is 30.9 Å². The molecule has 2 aromatic rings. The first kappa shape index (κ1) is 12.7. The lowest BCUT2D eigenvalue weighted by Gasteiger charge is -2.14. The van der Waals surface area contributed by atoms with E-state index in [1.54, 1.807) is 0 Å². The van der Waals surface area contributed by atoms with Crippen molar-refractivity contribution in [2.45, 2.75) is 39.5 Å². The average Bonchev–Trinajstić information content (AvgIpc) is 2.70. The van der Waals surface area contributed by atoms with Crippen molar-refractivity contribution in [1.29, 1.82) is 0 Å². The highest BCUT2D eigenvalue weighted by atomic mass is 16.5. The third-order valence-electron chi connectivity index (χ3n) is 2.69. The van der Waals surface area contributed by atoms with Crippen molar-refractivity contribution in [3.05, 3.63) is 28.2 Å². The van der Waals surface area contributed by atoms with Gasteiger partial charge in [-0.1, -0.05) is 27.7 Å². The van der Waals surface area contributed by atoms with Crippen molar-refractivity contribution in [1.82, 2.24) is 14.6 Å². The summed E-state index contributed by atoms with van der Waals surface area (Å²) in [6, 6.07) is 3.30. The molecule has 0 aliphatic heterocycles. The Kier molecular flexibility index (Phi) is 3.15. The van der Waals surface area contributed by atoms with E-state index in [-0.39, 0.29) is 11.0 Å². The minimum Gasteiger partial charge on any atom is -0.477 e. The Morgan fingerprint density at radius 3 is 2.72 bits per heavy atom. The van der Waals surface area contributed by atoms with Gasteiger partial charge in [-0.05, 0) is 6.42 Å². The number of ether oxygens (including phenoxy) is 1. The molecule has 5 heteroatoms. The minimum atomic E-state index is -0.151. The van der Waals surface area contributed by atoms with Crippen LogP contribution in [0.25, 0.3) is 5.65 Å². The number of aromatic nitrogens is 3. The van der Waals surface area contributed by atoms with Gasteiger partial charge in [0.15, 0.2) is 5.65 Å². The molecule has 0 aromatic carbocycles. The summed E-state index contributed by atoms with van der Waals surface area (Å²) < 4.78 is 6.84. The number of nitrogens with one attached hydrogen (secondary N) is 1. The zero-order valence-electron chi connectivity index (χ0n) is 11.3. The first-order valence-electron chi connectivity index (χ1n) is 6.18. The van der Waals surface area contributed by atoms with E-state index in [0.717, 1.165) is 12.1 Å². The molecule has 0 aliphatic rings. The fourth-order valence-corrected chi connectivity index (χ4v) is 1.63. The van der Waals surface area contributed by atoms with E-state index < -0.39 is 0 Å². The van der Waals surface area contributed by atoms with Crippen LogP contribution in [0, 0.1) is 0 Å². The van der Waals surface area contributed by atoms with E-state index in [0.29, 0.717) is 18.1 Å². The molecule has 0 saturated carbocycles. The predicted molar refractivity (Wildman–Crippen MR) is 70.3 cm³/mol. The maximum Gasteiger partial charge on any atom is 0.276 e. The molecule has 18 heavy (non-hydrogen) atoms. The predicted octanol–water partition coefficient (Wildman–Crippen LogP) is 2.11. The van der Waals surface area contributed by atoms with Crippen LogP contribution in [0.1, 0.15) is 39.8 Å². The molecular formula is C13H19N3O2. The third kappa shape index (κ3) is 2.39. The number of hydrogen-bond acceptors (Lipinski definition) is 3. The van der Waals surface area contributed by atoms with Crippen LogP contribution in [0.4, 0.5) is 0 Å². The number of aromatic amines is 1. The van der Waals surface area contributed by atoms with Crippen LogP contribution >= 0.6 is 0 Å². The molecule has 0 amide bonds. The van der Waals surface area contributed by atoms with Crippen molar-refractivity contribution < 1.29 is 4.74 Å². The molecule has 0 aliphatic carbocycles. The molecule has 0 unspecified atom stereocenters. The highest BCUT2D eigenvalue weighted by Crippen LogP contribution is 2.21. The number of H-pyrrole nitrogens is 1. The summed E-state index contributed by atoms with van der Waals surface area (Å²) in [4.78, 5) is 16.2. The molecule has 0 spiro atoms. The van der Waals surface area contributed by atoms with Gasteiger partial charge in [-0.3, -0.25) is 9.89 Å². The SMILES string of the molecule is CCCOc1cc(=O)n2[nH]c(C(C)(C)C)cc2n1. The molecule has 5 nitrogen and oxygen atoms in total. The Morgan fingerprint density at radius 1 is 1.39 bits per heavy atom. The van der Waals surface area contributed by atoms with Crippen molar-refractivity contribution in [3.8, 4) is 5.88 Å². The second-order valence-electron chi connectivity index (χ2n) is 5.39. The highest BCUT2D eigenvalue weighted by molar-refractivity contribution is 5.42. The van der Waals surface area contributed by atoms with E-state index in [4.69, 9.17) is 4.74 Å². The molecule has 2 aromatic heterocycles. The van der Waals surface area contributed by atoms with Gasteiger partial charge in [0.2, 0.25) is 5.88 Å². The van der Waals surface area contributed by atoms with Crippen LogP contribution < -0.4 is 10.3 Å². The second-order valence-corrected chi connectivity index (χ2v) is 5.39. The Hall–Kier alpha value is -1.78. The molecule has 98 valence electrons. The molecule has 2 rings (SSSR count). The van der Waals surface area contributed by atoms with E-state index in [1.807, 2.05) is 13.0 Å². The smallest absolute Gasteiger partial charge is 0.276 e. The zero-order chi connectivity index (χ0) is 13.3. The fraction of sp³-hybridized carbons (Fsp3) is 0.538. The van der Waals surface area contributed by atoms with Crippen LogP contribution in [-0.4, -0.2) is 21.2 Å². The number of rotatable bonds is 3. The van der Waals surface area contributed by atoms with E-state index >= 15 is 0 Å². The Balaban J connectivity index is 2.49. The molecule has 0 fully saturated rings. The average molecular weight is 249 g/mol. The van der Waals surface area contributed by atoms with Crippen LogP contribution in [0.5, 0.6) is 5.88 Å².